The van der Waals surface area contributed by atoms with E-state index in [0.717, 1.165) is 6.42 Å². The van der Waals surface area contributed by atoms with Gasteiger partial charge in [-0.25, -0.2) is 4.39 Å². The molecule has 3 fully saturated rings. The molecule has 4 rings (SSSR count). The van der Waals surface area contributed by atoms with Crippen molar-refractivity contribution in [1.29, 1.82) is 0 Å². The molecule has 1 N–H and O–H groups in total. The maximum absolute atomic E-state index is 17.4. The molecule has 0 unspecified atom stereocenters. The lowest BCUT2D eigenvalue weighted by atomic mass is 9.44. The second-order valence-corrected chi connectivity index (χ2v) is 11.9. The van der Waals surface area contributed by atoms with Crippen LogP contribution in [0.4, 0.5) is 4.39 Å². The van der Waals surface area contributed by atoms with Gasteiger partial charge in [-0.15, -0.1) is 0 Å². The van der Waals surface area contributed by atoms with Crippen LogP contribution >= 0.6 is 0 Å². The number of hydrogen-bond donors (Lipinski definition) is 1. The van der Waals surface area contributed by atoms with Gasteiger partial charge in [-0.2, -0.15) is 0 Å². The van der Waals surface area contributed by atoms with E-state index in [1.807, 2.05) is 13.8 Å². The van der Waals surface area contributed by atoms with Crippen molar-refractivity contribution >= 4 is 23.5 Å². The molecule has 0 saturated heterocycles. The minimum Gasteiger partial charge on any atom is -0.457 e. The summed E-state index contributed by atoms with van der Waals surface area (Å²) >= 11 is 0. The van der Waals surface area contributed by atoms with Gasteiger partial charge in [0.05, 0.1) is 6.10 Å². The Morgan fingerprint density at radius 3 is 2.57 bits per heavy atom. The van der Waals surface area contributed by atoms with Crippen molar-refractivity contribution in [1.82, 2.24) is 0 Å². The largest absolute Gasteiger partial charge is 0.457 e. The Morgan fingerprint density at radius 2 is 1.92 bits per heavy atom. The standard InChI is InChI=1S/C29H39FO7/c1-6-7-8-25(35)36-16-24(34)29(37-18(3)31)17(2)13-22-21-10-9-19-14-20(32)11-12-26(19,4)28(21,30)23(33)15-27(22,29)5/h11-12,14,17,21-23,33H,6-10,13,15-16H2,1-5H3/t17-,21+,22+,23+,26+,27+,28+,29+/m1/s1. The van der Waals surface area contributed by atoms with Crippen LogP contribution in [0, 0.1) is 28.6 Å². The Balaban J connectivity index is 1.73. The number of aliphatic hydroxyl groups excluding tert-OH is 1. The van der Waals surface area contributed by atoms with Gasteiger partial charge >= 0.3 is 11.9 Å². The molecule has 204 valence electrons. The van der Waals surface area contributed by atoms with Crippen molar-refractivity contribution in [3.63, 3.8) is 0 Å². The zero-order valence-electron chi connectivity index (χ0n) is 22.5. The molecule has 0 radical (unpaired) electrons. The fourth-order valence-electron chi connectivity index (χ4n) is 8.27. The Hall–Kier alpha value is -2.35. The number of halogens is 1. The van der Waals surface area contributed by atoms with E-state index in [1.54, 1.807) is 19.9 Å². The number of Topliss-reactive ketones (excluding diaryl/α,β-unsaturated/α-hetero) is 1. The van der Waals surface area contributed by atoms with Gasteiger partial charge in [0.25, 0.3) is 0 Å². The number of fused-ring (bicyclic) bond motifs is 5. The SMILES string of the molecule is CCCCC(=O)OCC(=O)[C@@]1(OC(C)=O)[C@H](C)C[C@H]2[C@@H]3CCC4=CC(=O)C=C[C@]4(C)[C@@]3(F)[C@@H](O)C[C@@]21C. The van der Waals surface area contributed by atoms with Crippen molar-refractivity contribution in [3.05, 3.63) is 23.8 Å². The fraction of sp³-hybridized carbons (Fsp3) is 0.724. The highest BCUT2D eigenvalue weighted by Crippen LogP contribution is 2.71. The lowest BCUT2D eigenvalue weighted by Gasteiger charge is -2.62. The van der Waals surface area contributed by atoms with Gasteiger partial charge in [-0.05, 0) is 57.1 Å². The Kier molecular flexibility index (Phi) is 7.06. The molecular weight excluding hydrogens is 479 g/mol. The number of ether oxygens (including phenoxy) is 2. The molecule has 0 amide bonds. The van der Waals surface area contributed by atoms with Crippen molar-refractivity contribution in [2.75, 3.05) is 6.61 Å². The van der Waals surface area contributed by atoms with Crippen LogP contribution in [0.25, 0.3) is 0 Å². The van der Waals surface area contributed by atoms with Gasteiger partial charge in [0, 0.05) is 36.0 Å². The van der Waals surface area contributed by atoms with E-state index >= 15 is 4.39 Å². The van der Waals surface area contributed by atoms with Gasteiger partial charge in [0.1, 0.15) is 0 Å². The van der Waals surface area contributed by atoms with Crippen LogP contribution < -0.4 is 0 Å². The Morgan fingerprint density at radius 1 is 1.22 bits per heavy atom. The molecule has 0 aromatic carbocycles. The average Bonchev–Trinajstić information content (AvgIpc) is 3.04. The lowest BCUT2D eigenvalue weighted by Crippen LogP contribution is -2.70. The summed E-state index contributed by atoms with van der Waals surface area (Å²) < 4.78 is 28.5. The molecule has 4 aliphatic rings. The van der Waals surface area contributed by atoms with Crippen molar-refractivity contribution in [3.8, 4) is 0 Å². The molecule has 7 nitrogen and oxygen atoms in total. The van der Waals surface area contributed by atoms with Crippen LogP contribution in [-0.2, 0) is 28.7 Å². The van der Waals surface area contributed by atoms with Crippen LogP contribution in [0.2, 0.25) is 0 Å². The summed E-state index contributed by atoms with van der Waals surface area (Å²) in [5.74, 6) is -3.34. The third kappa shape index (κ3) is 3.84. The zero-order chi connectivity index (χ0) is 27.4. The van der Waals surface area contributed by atoms with Crippen LogP contribution in [0.3, 0.4) is 0 Å². The van der Waals surface area contributed by atoms with E-state index < -0.39 is 64.4 Å². The van der Waals surface area contributed by atoms with Crippen LogP contribution in [0.5, 0.6) is 0 Å². The lowest BCUT2D eigenvalue weighted by molar-refractivity contribution is -0.228. The predicted octanol–water partition coefficient (Wildman–Crippen LogP) is 4.21. The van der Waals surface area contributed by atoms with E-state index in [4.69, 9.17) is 9.47 Å². The number of allylic oxidation sites excluding steroid dienone is 4. The van der Waals surface area contributed by atoms with Crippen molar-refractivity contribution in [2.45, 2.75) is 96.9 Å². The number of carbonyl (C=O) groups is 4. The third-order valence-electron chi connectivity index (χ3n) is 10.00. The number of aliphatic hydroxyl groups is 1. The summed E-state index contributed by atoms with van der Waals surface area (Å²) in [6.07, 6.45) is 5.81. The Labute approximate surface area is 217 Å². The molecular formula is C29H39FO7. The number of esters is 2. The first-order chi connectivity index (χ1) is 17.3. The van der Waals surface area contributed by atoms with Crippen LogP contribution in [0.15, 0.2) is 23.8 Å². The normalized spacial score (nSPS) is 42.2. The van der Waals surface area contributed by atoms with E-state index in [0.29, 0.717) is 31.3 Å². The maximum Gasteiger partial charge on any atom is 0.306 e. The molecule has 8 heteroatoms. The monoisotopic (exact) mass is 518 g/mol. The molecule has 0 spiro atoms. The van der Waals surface area contributed by atoms with E-state index in [-0.39, 0.29) is 24.5 Å². The molecule has 37 heavy (non-hydrogen) atoms. The number of unbranched alkanes of at least 4 members (excludes halogenated alkanes) is 1. The highest BCUT2D eigenvalue weighted by molar-refractivity contribution is 6.01. The van der Waals surface area contributed by atoms with Crippen LogP contribution in [0.1, 0.15) is 79.6 Å². The summed E-state index contributed by atoms with van der Waals surface area (Å²) in [6.45, 7) is 7.98. The molecule has 0 aliphatic heterocycles. The molecule has 4 aliphatic carbocycles. The van der Waals surface area contributed by atoms with Gasteiger partial charge in [-0.3, -0.25) is 19.2 Å². The molecule has 0 aromatic heterocycles. The zero-order valence-corrected chi connectivity index (χ0v) is 22.5. The second-order valence-electron chi connectivity index (χ2n) is 11.9. The molecule has 0 bridgehead atoms. The van der Waals surface area contributed by atoms with Gasteiger partial charge in [0.2, 0.25) is 5.78 Å². The number of ketones is 2. The predicted molar refractivity (Wildman–Crippen MR) is 133 cm³/mol. The first-order valence-corrected chi connectivity index (χ1v) is 13.5. The molecule has 3 saturated carbocycles. The highest BCUT2D eigenvalue weighted by Gasteiger charge is 2.77. The van der Waals surface area contributed by atoms with Gasteiger partial charge in [0.15, 0.2) is 23.7 Å². The summed E-state index contributed by atoms with van der Waals surface area (Å²) in [5, 5.41) is 11.5. The smallest absolute Gasteiger partial charge is 0.306 e. The summed E-state index contributed by atoms with van der Waals surface area (Å²) in [5.41, 5.74) is -5.27. The van der Waals surface area contributed by atoms with Gasteiger partial charge < -0.3 is 14.6 Å². The van der Waals surface area contributed by atoms with Crippen LogP contribution in [-0.4, -0.2) is 52.6 Å². The molecule has 8 atom stereocenters. The summed E-state index contributed by atoms with van der Waals surface area (Å²) in [4.78, 5) is 50.4. The van der Waals surface area contributed by atoms with E-state index in [2.05, 4.69) is 0 Å². The van der Waals surface area contributed by atoms with Crippen molar-refractivity contribution < 1.29 is 38.1 Å². The highest BCUT2D eigenvalue weighted by atomic mass is 19.1. The minimum absolute atomic E-state index is 0.109. The molecule has 0 heterocycles. The van der Waals surface area contributed by atoms with Crippen molar-refractivity contribution in [2.24, 2.45) is 28.6 Å². The number of hydrogen-bond acceptors (Lipinski definition) is 7. The average molecular weight is 519 g/mol. The first-order valence-electron chi connectivity index (χ1n) is 13.5. The third-order valence-corrected chi connectivity index (χ3v) is 10.00. The van der Waals surface area contributed by atoms with Gasteiger partial charge in [-0.1, -0.05) is 38.8 Å². The fourth-order valence-corrected chi connectivity index (χ4v) is 8.27. The maximum atomic E-state index is 17.4. The second kappa shape index (κ2) is 9.44. The summed E-state index contributed by atoms with van der Waals surface area (Å²) in [7, 11) is 0. The van der Waals surface area contributed by atoms with E-state index in [1.165, 1.54) is 19.1 Å². The topological polar surface area (TPSA) is 107 Å². The number of alkyl halides is 1. The number of carbonyl (C=O) groups excluding carboxylic acids is 4. The first kappa shape index (κ1) is 27.7. The summed E-state index contributed by atoms with van der Waals surface area (Å²) in [6, 6.07) is 0. The number of rotatable bonds is 7. The Bertz CT molecular complexity index is 1060. The molecule has 0 aromatic rings. The minimum atomic E-state index is -2.06. The quantitative estimate of drug-likeness (QED) is 0.503. The van der Waals surface area contributed by atoms with E-state index in [9.17, 15) is 24.3 Å².